The highest BCUT2D eigenvalue weighted by atomic mass is 16.5. The lowest BCUT2D eigenvalue weighted by Gasteiger charge is -2.12. The molecule has 0 aliphatic heterocycles. The van der Waals surface area contributed by atoms with E-state index in [-0.39, 0.29) is 0 Å². The van der Waals surface area contributed by atoms with Crippen LogP contribution in [-0.2, 0) is 0 Å². The summed E-state index contributed by atoms with van der Waals surface area (Å²) in [5.74, 6) is 2.26. The van der Waals surface area contributed by atoms with E-state index < -0.39 is 0 Å². The topological polar surface area (TPSA) is 81.6 Å². The normalized spacial score (nSPS) is 11.2. The zero-order chi connectivity index (χ0) is 19.1. The van der Waals surface area contributed by atoms with Crippen LogP contribution in [0.4, 0.5) is 11.5 Å². The summed E-state index contributed by atoms with van der Waals surface area (Å²) in [7, 11) is 0. The van der Waals surface area contributed by atoms with Crippen molar-refractivity contribution in [2.24, 2.45) is 0 Å². The molecule has 0 saturated carbocycles. The van der Waals surface area contributed by atoms with E-state index in [2.05, 4.69) is 25.5 Å². The Bertz CT molecular complexity index is 1300. The molecule has 0 aliphatic rings. The van der Waals surface area contributed by atoms with Crippen LogP contribution in [0.15, 0.2) is 61.4 Å². The molecule has 0 aliphatic carbocycles. The lowest BCUT2D eigenvalue weighted by atomic mass is 10.2. The number of nitrogens with one attached hydrogen (secondary N) is 1. The van der Waals surface area contributed by atoms with Crippen LogP contribution in [0.5, 0.6) is 11.5 Å². The van der Waals surface area contributed by atoms with Crippen molar-refractivity contribution in [2.45, 2.75) is 13.8 Å². The number of hydrogen-bond donors (Lipinski definition) is 1. The van der Waals surface area contributed by atoms with Crippen LogP contribution >= 0.6 is 0 Å². The summed E-state index contributed by atoms with van der Waals surface area (Å²) >= 11 is 0. The van der Waals surface area contributed by atoms with Crippen molar-refractivity contribution in [1.82, 2.24) is 29.2 Å². The van der Waals surface area contributed by atoms with Gasteiger partial charge in [-0.2, -0.15) is 10.2 Å². The van der Waals surface area contributed by atoms with Gasteiger partial charge in [-0.1, -0.05) is 0 Å². The molecule has 28 heavy (non-hydrogen) atoms. The van der Waals surface area contributed by atoms with Crippen LogP contribution in [0.1, 0.15) is 11.1 Å². The Morgan fingerprint density at radius 3 is 2.57 bits per heavy atom. The summed E-state index contributed by atoms with van der Waals surface area (Å²) in [6, 6.07) is 11.7. The highest BCUT2D eigenvalue weighted by Gasteiger charge is 2.09. The van der Waals surface area contributed by atoms with Gasteiger partial charge in [-0.3, -0.25) is 0 Å². The Kier molecular flexibility index (Phi) is 3.68. The van der Waals surface area contributed by atoms with Gasteiger partial charge in [-0.05, 0) is 55.3 Å². The third-order valence-corrected chi connectivity index (χ3v) is 4.57. The number of anilines is 2. The van der Waals surface area contributed by atoms with Crippen molar-refractivity contribution >= 4 is 22.7 Å². The highest BCUT2D eigenvalue weighted by Crippen LogP contribution is 2.29. The van der Waals surface area contributed by atoms with Gasteiger partial charge in [0.25, 0.3) is 0 Å². The Morgan fingerprint density at radius 2 is 1.68 bits per heavy atom. The second-order valence-electron chi connectivity index (χ2n) is 6.53. The van der Waals surface area contributed by atoms with Crippen molar-refractivity contribution in [3.05, 3.63) is 72.6 Å². The SMILES string of the molecule is Cc1cc(Nc2ncnn3ccc(C)c23)ccc1Oc1ccn2ncnc2c1. The number of rotatable bonds is 4. The minimum Gasteiger partial charge on any atom is -0.457 e. The predicted molar refractivity (Wildman–Crippen MR) is 105 cm³/mol. The molecule has 5 rings (SSSR count). The van der Waals surface area contributed by atoms with Crippen LogP contribution in [-0.4, -0.2) is 29.2 Å². The fraction of sp³-hybridized carbons (Fsp3) is 0.100. The molecular formula is C20H17N7O. The second-order valence-corrected chi connectivity index (χ2v) is 6.53. The second kappa shape index (κ2) is 6.34. The Morgan fingerprint density at radius 1 is 0.857 bits per heavy atom. The van der Waals surface area contributed by atoms with E-state index in [0.29, 0.717) is 5.75 Å². The average Bonchev–Trinajstić information content (AvgIpc) is 3.31. The fourth-order valence-electron chi connectivity index (χ4n) is 3.17. The predicted octanol–water partition coefficient (Wildman–Crippen LogP) is 3.92. The molecule has 0 saturated heterocycles. The van der Waals surface area contributed by atoms with Crippen LogP contribution < -0.4 is 10.1 Å². The van der Waals surface area contributed by atoms with Crippen molar-refractivity contribution in [3.8, 4) is 11.5 Å². The smallest absolute Gasteiger partial charge is 0.158 e. The highest BCUT2D eigenvalue weighted by molar-refractivity contribution is 5.76. The number of pyridine rings is 1. The van der Waals surface area contributed by atoms with E-state index in [0.717, 1.165) is 39.5 Å². The van der Waals surface area contributed by atoms with E-state index in [4.69, 9.17) is 4.74 Å². The van der Waals surface area contributed by atoms with E-state index in [1.165, 1.54) is 6.33 Å². The van der Waals surface area contributed by atoms with Crippen molar-refractivity contribution in [1.29, 1.82) is 0 Å². The summed E-state index contributed by atoms with van der Waals surface area (Å²) in [6.45, 7) is 4.05. The number of nitrogens with zero attached hydrogens (tertiary/aromatic N) is 6. The molecule has 0 atom stereocenters. The number of hydrogen-bond acceptors (Lipinski definition) is 6. The monoisotopic (exact) mass is 371 g/mol. The van der Waals surface area contributed by atoms with Gasteiger partial charge in [0.05, 0.1) is 0 Å². The first-order chi connectivity index (χ1) is 13.7. The minimum atomic E-state index is 0.714. The summed E-state index contributed by atoms with van der Waals surface area (Å²) in [5.41, 5.74) is 4.75. The Labute approximate surface area is 160 Å². The molecule has 1 N–H and O–H groups in total. The lowest BCUT2D eigenvalue weighted by Crippen LogP contribution is -2.00. The number of aromatic nitrogens is 6. The quantitative estimate of drug-likeness (QED) is 0.516. The van der Waals surface area contributed by atoms with Crippen LogP contribution in [0.3, 0.4) is 0 Å². The molecule has 0 spiro atoms. The van der Waals surface area contributed by atoms with Gasteiger partial charge in [0.2, 0.25) is 0 Å². The molecule has 4 aromatic heterocycles. The van der Waals surface area contributed by atoms with Gasteiger partial charge >= 0.3 is 0 Å². The molecule has 1 aromatic carbocycles. The Hall–Kier alpha value is -3.94. The first-order valence-electron chi connectivity index (χ1n) is 8.81. The van der Waals surface area contributed by atoms with Crippen molar-refractivity contribution in [3.63, 3.8) is 0 Å². The van der Waals surface area contributed by atoms with Gasteiger partial charge < -0.3 is 10.1 Å². The maximum Gasteiger partial charge on any atom is 0.158 e. The largest absolute Gasteiger partial charge is 0.457 e. The van der Waals surface area contributed by atoms with Gasteiger partial charge in [0, 0.05) is 24.1 Å². The summed E-state index contributed by atoms with van der Waals surface area (Å²) < 4.78 is 9.54. The number of ether oxygens (including phenoxy) is 1. The van der Waals surface area contributed by atoms with Crippen LogP contribution in [0.2, 0.25) is 0 Å². The summed E-state index contributed by atoms with van der Waals surface area (Å²) in [4.78, 5) is 8.57. The molecule has 0 radical (unpaired) electrons. The number of fused-ring (bicyclic) bond motifs is 2. The number of aryl methyl sites for hydroxylation is 2. The van der Waals surface area contributed by atoms with Gasteiger partial charge in [-0.15, -0.1) is 0 Å². The van der Waals surface area contributed by atoms with E-state index in [9.17, 15) is 0 Å². The standard InChI is InChI=1S/C20H17N7O/c1-13-5-7-27-19(13)20(22-12-24-27)25-15-3-4-17(14(2)9-15)28-16-6-8-26-18(10-16)21-11-23-26/h3-12H,1-2H3,(H,22,24,25). The number of benzene rings is 1. The Balaban J connectivity index is 1.42. The molecule has 0 unspecified atom stereocenters. The van der Waals surface area contributed by atoms with E-state index in [1.54, 1.807) is 10.8 Å². The third-order valence-electron chi connectivity index (χ3n) is 4.57. The zero-order valence-electron chi connectivity index (χ0n) is 15.4. The molecule has 4 heterocycles. The summed E-state index contributed by atoms with van der Waals surface area (Å²) in [6.07, 6.45) is 6.80. The van der Waals surface area contributed by atoms with E-state index >= 15 is 0 Å². The van der Waals surface area contributed by atoms with E-state index in [1.807, 2.05) is 67.2 Å². The average molecular weight is 371 g/mol. The first kappa shape index (κ1) is 16.2. The molecule has 8 heteroatoms. The molecule has 0 bridgehead atoms. The summed E-state index contributed by atoms with van der Waals surface area (Å²) in [5, 5.41) is 11.7. The van der Waals surface area contributed by atoms with Crippen molar-refractivity contribution < 1.29 is 4.74 Å². The van der Waals surface area contributed by atoms with Crippen molar-refractivity contribution in [2.75, 3.05) is 5.32 Å². The van der Waals surface area contributed by atoms with Gasteiger partial charge in [0.1, 0.15) is 29.7 Å². The lowest BCUT2D eigenvalue weighted by molar-refractivity contribution is 0.478. The van der Waals surface area contributed by atoms with Crippen LogP contribution in [0.25, 0.3) is 11.2 Å². The minimum absolute atomic E-state index is 0.714. The molecular weight excluding hydrogens is 354 g/mol. The maximum absolute atomic E-state index is 6.03. The van der Waals surface area contributed by atoms with Gasteiger partial charge in [0.15, 0.2) is 11.5 Å². The molecule has 8 nitrogen and oxygen atoms in total. The zero-order valence-corrected chi connectivity index (χ0v) is 15.4. The molecule has 0 fully saturated rings. The first-order valence-corrected chi connectivity index (χ1v) is 8.81. The fourth-order valence-corrected chi connectivity index (χ4v) is 3.17. The molecule has 138 valence electrons. The third kappa shape index (κ3) is 2.81. The maximum atomic E-state index is 6.03. The molecule has 5 aromatic rings. The van der Waals surface area contributed by atoms with Gasteiger partial charge in [-0.25, -0.2) is 19.0 Å². The van der Waals surface area contributed by atoms with Crippen LogP contribution in [0, 0.1) is 13.8 Å². The molecule has 0 amide bonds.